The highest BCUT2D eigenvalue weighted by molar-refractivity contribution is 9.10. The molecular formula is C14H19BrN2O4. The zero-order chi connectivity index (χ0) is 15.8. The van der Waals surface area contributed by atoms with Crippen molar-refractivity contribution in [2.75, 3.05) is 20.1 Å². The Morgan fingerprint density at radius 3 is 2.57 bits per heavy atom. The van der Waals surface area contributed by atoms with Gasteiger partial charge in [0.2, 0.25) is 0 Å². The highest BCUT2D eigenvalue weighted by atomic mass is 79.9. The van der Waals surface area contributed by atoms with E-state index in [4.69, 9.17) is 9.84 Å². The average molecular weight is 359 g/mol. The van der Waals surface area contributed by atoms with Crippen LogP contribution in [0.1, 0.15) is 13.3 Å². The summed E-state index contributed by atoms with van der Waals surface area (Å²) in [5.74, 6) is -0.208. The topological polar surface area (TPSA) is 78.9 Å². The van der Waals surface area contributed by atoms with Gasteiger partial charge in [-0.3, -0.25) is 4.79 Å². The third-order valence-corrected chi connectivity index (χ3v) is 3.23. The van der Waals surface area contributed by atoms with Gasteiger partial charge in [-0.05, 0) is 31.2 Å². The number of halogens is 1. The van der Waals surface area contributed by atoms with Crippen molar-refractivity contribution in [3.8, 4) is 5.75 Å². The molecule has 7 heteroatoms. The Morgan fingerprint density at radius 2 is 2.00 bits per heavy atom. The van der Waals surface area contributed by atoms with Crippen LogP contribution in [0.2, 0.25) is 0 Å². The Balaban J connectivity index is 2.31. The van der Waals surface area contributed by atoms with E-state index in [1.807, 2.05) is 31.2 Å². The molecular weight excluding hydrogens is 340 g/mol. The molecule has 21 heavy (non-hydrogen) atoms. The molecule has 0 saturated heterocycles. The first-order chi connectivity index (χ1) is 9.88. The first-order valence-electron chi connectivity index (χ1n) is 6.51. The van der Waals surface area contributed by atoms with Crippen molar-refractivity contribution >= 4 is 27.9 Å². The van der Waals surface area contributed by atoms with Crippen LogP contribution in [0.5, 0.6) is 5.75 Å². The van der Waals surface area contributed by atoms with E-state index in [-0.39, 0.29) is 25.1 Å². The number of amides is 2. The number of hydrogen-bond donors (Lipinski definition) is 2. The van der Waals surface area contributed by atoms with Crippen LogP contribution in [0.15, 0.2) is 28.7 Å². The fourth-order valence-corrected chi connectivity index (χ4v) is 1.78. The number of nitrogens with zero attached hydrogens (tertiary/aromatic N) is 1. The number of benzene rings is 1. The van der Waals surface area contributed by atoms with Crippen molar-refractivity contribution < 1.29 is 19.4 Å². The fraction of sp³-hybridized carbons (Fsp3) is 0.429. The van der Waals surface area contributed by atoms with Crippen molar-refractivity contribution in [3.05, 3.63) is 28.7 Å². The van der Waals surface area contributed by atoms with Crippen molar-refractivity contribution in [1.29, 1.82) is 0 Å². The van der Waals surface area contributed by atoms with E-state index in [9.17, 15) is 9.59 Å². The molecule has 116 valence electrons. The van der Waals surface area contributed by atoms with Gasteiger partial charge in [0, 0.05) is 18.1 Å². The molecule has 0 fully saturated rings. The van der Waals surface area contributed by atoms with Crippen molar-refractivity contribution in [1.82, 2.24) is 10.2 Å². The average Bonchev–Trinajstić information content (AvgIpc) is 2.44. The molecule has 1 aromatic carbocycles. The summed E-state index contributed by atoms with van der Waals surface area (Å²) in [6.45, 7) is 2.36. The Morgan fingerprint density at radius 1 is 1.38 bits per heavy atom. The molecule has 0 aliphatic heterocycles. The first-order valence-corrected chi connectivity index (χ1v) is 7.30. The second-order valence-corrected chi connectivity index (χ2v) is 5.55. The number of nitrogens with one attached hydrogen (secondary N) is 1. The second-order valence-electron chi connectivity index (χ2n) is 4.63. The largest absolute Gasteiger partial charge is 0.489 e. The predicted octanol–water partition coefficient (Wildman–Crippen LogP) is 2.33. The molecule has 1 rings (SSSR count). The van der Waals surface area contributed by atoms with Crippen LogP contribution in [-0.4, -0.2) is 48.2 Å². The van der Waals surface area contributed by atoms with Crippen LogP contribution >= 0.6 is 15.9 Å². The van der Waals surface area contributed by atoms with Crippen LogP contribution in [0.25, 0.3) is 0 Å². The lowest BCUT2D eigenvalue weighted by atomic mass is 10.3. The molecule has 0 aliphatic carbocycles. The Bertz CT molecular complexity index is 478. The molecule has 0 spiro atoms. The number of hydrogen-bond acceptors (Lipinski definition) is 3. The van der Waals surface area contributed by atoms with Gasteiger partial charge in [0.15, 0.2) is 0 Å². The van der Waals surface area contributed by atoms with Crippen LogP contribution in [0.3, 0.4) is 0 Å². The summed E-state index contributed by atoms with van der Waals surface area (Å²) in [6, 6.07) is 7.10. The van der Waals surface area contributed by atoms with Gasteiger partial charge in [0.1, 0.15) is 11.9 Å². The Labute approximate surface area is 132 Å². The third-order valence-electron chi connectivity index (χ3n) is 2.70. The van der Waals surface area contributed by atoms with Gasteiger partial charge >= 0.3 is 12.0 Å². The minimum atomic E-state index is -0.929. The lowest BCUT2D eigenvalue weighted by Gasteiger charge is -2.20. The number of rotatable bonds is 7. The van der Waals surface area contributed by atoms with Gasteiger partial charge in [0.25, 0.3) is 0 Å². The van der Waals surface area contributed by atoms with E-state index in [0.717, 1.165) is 10.2 Å². The molecule has 6 nitrogen and oxygen atoms in total. The van der Waals surface area contributed by atoms with Gasteiger partial charge in [-0.25, -0.2) is 4.79 Å². The SMILES string of the molecule is CC(CNC(=O)N(C)CCC(=O)O)Oc1ccc(Br)cc1. The maximum atomic E-state index is 11.7. The lowest BCUT2D eigenvalue weighted by Crippen LogP contribution is -2.42. The zero-order valence-electron chi connectivity index (χ0n) is 12.0. The molecule has 0 aromatic heterocycles. The van der Waals surface area contributed by atoms with E-state index in [1.165, 1.54) is 4.90 Å². The maximum Gasteiger partial charge on any atom is 0.317 e. The number of aliphatic carboxylic acids is 1. The standard InChI is InChI=1S/C14H19BrN2O4/c1-10(21-12-5-3-11(15)4-6-12)9-16-14(20)17(2)8-7-13(18)19/h3-6,10H,7-9H2,1-2H3,(H,16,20)(H,18,19). The van der Waals surface area contributed by atoms with E-state index < -0.39 is 5.97 Å². The number of ether oxygens (including phenoxy) is 1. The van der Waals surface area contributed by atoms with Crippen molar-refractivity contribution in [2.24, 2.45) is 0 Å². The third kappa shape index (κ3) is 6.99. The van der Waals surface area contributed by atoms with Crippen LogP contribution < -0.4 is 10.1 Å². The van der Waals surface area contributed by atoms with Gasteiger partial charge in [-0.15, -0.1) is 0 Å². The van der Waals surface area contributed by atoms with Gasteiger partial charge in [0.05, 0.1) is 13.0 Å². The molecule has 0 aliphatic rings. The number of carboxylic acid groups (broad SMARTS) is 1. The molecule has 1 aromatic rings. The van der Waals surface area contributed by atoms with Crippen LogP contribution in [0.4, 0.5) is 4.79 Å². The number of urea groups is 1. The number of carbonyl (C=O) groups excluding carboxylic acids is 1. The van der Waals surface area contributed by atoms with Crippen LogP contribution in [-0.2, 0) is 4.79 Å². The maximum absolute atomic E-state index is 11.7. The molecule has 2 N–H and O–H groups in total. The van der Waals surface area contributed by atoms with E-state index >= 15 is 0 Å². The van der Waals surface area contributed by atoms with E-state index in [0.29, 0.717) is 6.54 Å². The summed E-state index contributed by atoms with van der Waals surface area (Å²) in [7, 11) is 1.55. The summed E-state index contributed by atoms with van der Waals surface area (Å²) in [5, 5.41) is 11.3. The minimum absolute atomic E-state index is 0.0745. The molecule has 2 amide bonds. The molecule has 1 atom stereocenters. The van der Waals surface area contributed by atoms with Gasteiger partial charge in [-0.1, -0.05) is 15.9 Å². The summed E-state index contributed by atoms with van der Waals surface area (Å²) >= 11 is 3.34. The first kappa shape index (κ1) is 17.3. The second kappa shape index (κ2) is 8.51. The molecule has 0 heterocycles. The van der Waals surface area contributed by atoms with Crippen molar-refractivity contribution in [2.45, 2.75) is 19.4 Å². The Kier molecular flexibility index (Phi) is 7.01. The Hall–Kier alpha value is -1.76. The van der Waals surface area contributed by atoms with Gasteiger partial charge < -0.3 is 20.1 Å². The molecule has 0 radical (unpaired) electrons. The van der Waals surface area contributed by atoms with E-state index in [1.54, 1.807) is 7.05 Å². The number of carbonyl (C=O) groups is 2. The molecule has 0 bridgehead atoms. The van der Waals surface area contributed by atoms with Crippen LogP contribution in [0, 0.1) is 0 Å². The summed E-state index contributed by atoms with van der Waals surface area (Å²) < 4.78 is 6.62. The lowest BCUT2D eigenvalue weighted by molar-refractivity contribution is -0.137. The van der Waals surface area contributed by atoms with Gasteiger partial charge in [-0.2, -0.15) is 0 Å². The highest BCUT2D eigenvalue weighted by Crippen LogP contribution is 2.17. The predicted molar refractivity (Wildman–Crippen MR) is 82.5 cm³/mol. The highest BCUT2D eigenvalue weighted by Gasteiger charge is 2.12. The van der Waals surface area contributed by atoms with Crippen molar-refractivity contribution in [3.63, 3.8) is 0 Å². The minimum Gasteiger partial charge on any atom is -0.489 e. The summed E-state index contributed by atoms with van der Waals surface area (Å²) in [6.07, 6.45) is -0.266. The van der Waals surface area contributed by atoms with E-state index in [2.05, 4.69) is 21.2 Å². The molecule has 1 unspecified atom stereocenters. The number of carboxylic acids is 1. The quantitative estimate of drug-likeness (QED) is 0.783. The smallest absolute Gasteiger partial charge is 0.317 e. The summed E-state index contributed by atoms with van der Waals surface area (Å²) in [4.78, 5) is 23.5. The summed E-state index contributed by atoms with van der Waals surface area (Å²) in [5.41, 5.74) is 0. The zero-order valence-corrected chi connectivity index (χ0v) is 13.6. The fourth-order valence-electron chi connectivity index (χ4n) is 1.52. The molecule has 0 saturated carbocycles. The normalized spacial score (nSPS) is 11.6. The monoisotopic (exact) mass is 358 g/mol.